The number of anilines is 1. The Balaban J connectivity index is 1.65. The van der Waals surface area contributed by atoms with Gasteiger partial charge in [0.2, 0.25) is 0 Å². The Kier molecular flexibility index (Phi) is 6.60. The number of sulfone groups is 1. The van der Waals surface area contributed by atoms with Crippen molar-refractivity contribution in [3.63, 3.8) is 0 Å². The predicted molar refractivity (Wildman–Crippen MR) is 116 cm³/mol. The second-order valence-electron chi connectivity index (χ2n) is 6.43. The van der Waals surface area contributed by atoms with Gasteiger partial charge in [0.15, 0.2) is 21.0 Å². The first kappa shape index (κ1) is 22.0. The van der Waals surface area contributed by atoms with E-state index in [4.69, 9.17) is 27.9 Å². The zero-order valence-corrected chi connectivity index (χ0v) is 18.3. The Bertz CT molecular complexity index is 1170. The number of carbonyl (C=O) groups excluding carboxylic acids is 1. The second kappa shape index (κ2) is 8.99. The van der Waals surface area contributed by atoms with Crippen LogP contribution in [0.1, 0.15) is 6.92 Å². The van der Waals surface area contributed by atoms with Crippen molar-refractivity contribution in [2.75, 3.05) is 11.6 Å². The number of nitrogens with one attached hydrogen (secondary N) is 1. The largest absolute Gasteiger partial charge is 0.479 e. The monoisotopic (exact) mass is 465 g/mol. The van der Waals surface area contributed by atoms with E-state index >= 15 is 0 Å². The minimum Gasteiger partial charge on any atom is -0.479 e. The van der Waals surface area contributed by atoms with Crippen molar-refractivity contribution >= 4 is 44.6 Å². The number of benzene rings is 2. The molecule has 156 valence electrons. The van der Waals surface area contributed by atoms with Crippen LogP contribution in [0.25, 0.3) is 11.3 Å². The fourth-order valence-electron chi connectivity index (χ4n) is 2.45. The molecule has 0 spiro atoms. The van der Waals surface area contributed by atoms with Crippen LogP contribution in [-0.2, 0) is 14.6 Å². The van der Waals surface area contributed by atoms with E-state index in [0.29, 0.717) is 27.2 Å². The number of nitrogens with zero attached hydrogens (tertiary/aromatic N) is 2. The fraction of sp³-hybridized carbons (Fsp3) is 0.150. The number of hydrogen-bond donors (Lipinski definition) is 1. The van der Waals surface area contributed by atoms with E-state index in [9.17, 15) is 13.2 Å². The lowest BCUT2D eigenvalue weighted by molar-refractivity contribution is -0.122. The molecule has 1 unspecified atom stereocenters. The van der Waals surface area contributed by atoms with E-state index in [1.165, 1.54) is 12.1 Å². The molecule has 30 heavy (non-hydrogen) atoms. The van der Waals surface area contributed by atoms with Crippen LogP contribution in [0.2, 0.25) is 10.0 Å². The summed E-state index contributed by atoms with van der Waals surface area (Å²) < 4.78 is 28.5. The molecule has 0 bridgehead atoms. The van der Waals surface area contributed by atoms with Crippen LogP contribution < -0.4 is 10.1 Å². The Hall–Kier alpha value is -2.68. The van der Waals surface area contributed by atoms with Gasteiger partial charge in [-0.05, 0) is 49.4 Å². The standard InChI is InChI=1S/C20H17Cl2N3O4S/c1-12(29-18-9-5-14(21)11-16(18)22)20(26)23-15-6-3-13(4-7-15)17-8-10-19(25-24-17)30(2,27)28/h3-12H,1-2H3,(H,23,26). The average Bonchev–Trinajstić information content (AvgIpc) is 2.70. The molecule has 0 aliphatic heterocycles. The minimum absolute atomic E-state index is 0.0927. The molecule has 0 fully saturated rings. The summed E-state index contributed by atoms with van der Waals surface area (Å²) in [5, 5.41) is 11.1. The van der Waals surface area contributed by atoms with Crippen LogP contribution in [0.5, 0.6) is 5.75 Å². The highest BCUT2D eigenvalue weighted by Crippen LogP contribution is 2.28. The molecule has 10 heteroatoms. The molecular weight excluding hydrogens is 449 g/mol. The highest BCUT2D eigenvalue weighted by Gasteiger charge is 2.17. The van der Waals surface area contributed by atoms with Crippen LogP contribution in [0.15, 0.2) is 59.6 Å². The van der Waals surface area contributed by atoms with Gasteiger partial charge < -0.3 is 10.1 Å². The lowest BCUT2D eigenvalue weighted by Gasteiger charge is -2.16. The zero-order chi connectivity index (χ0) is 21.9. The van der Waals surface area contributed by atoms with Gasteiger partial charge >= 0.3 is 0 Å². The Morgan fingerprint density at radius 2 is 1.73 bits per heavy atom. The Labute approximate surface area is 183 Å². The third-order valence-corrected chi connectivity index (χ3v) is 5.54. The number of ether oxygens (including phenoxy) is 1. The summed E-state index contributed by atoms with van der Waals surface area (Å²) in [5.41, 5.74) is 1.79. The molecule has 0 aliphatic rings. The third-order valence-electron chi connectivity index (χ3n) is 4.04. The molecule has 0 aliphatic carbocycles. The van der Waals surface area contributed by atoms with Gasteiger partial charge in [-0.15, -0.1) is 10.2 Å². The van der Waals surface area contributed by atoms with E-state index in [1.54, 1.807) is 49.4 Å². The molecule has 2 aromatic carbocycles. The number of aromatic nitrogens is 2. The zero-order valence-electron chi connectivity index (χ0n) is 16.0. The number of hydrogen-bond acceptors (Lipinski definition) is 6. The van der Waals surface area contributed by atoms with Gasteiger partial charge in [-0.25, -0.2) is 8.42 Å². The molecule has 1 N–H and O–H groups in total. The molecule has 0 radical (unpaired) electrons. The van der Waals surface area contributed by atoms with Gasteiger partial charge in [0.25, 0.3) is 5.91 Å². The first-order chi connectivity index (χ1) is 14.1. The van der Waals surface area contributed by atoms with Gasteiger partial charge in [0, 0.05) is 22.5 Å². The normalized spacial score (nSPS) is 12.3. The van der Waals surface area contributed by atoms with Crippen LogP contribution in [0.3, 0.4) is 0 Å². The first-order valence-electron chi connectivity index (χ1n) is 8.70. The average molecular weight is 466 g/mol. The summed E-state index contributed by atoms with van der Waals surface area (Å²) in [4.78, 5) is 12.4. The van der Waals surface area contributed by atoms with Gasteiger partial charge in [0.05, 0.1) is 10.7 Å². The molecular formula is C20H17Cl2N3O4S. The highest BCUT2D eigenvalue weighted by atomic mass is 35.5. The summed E-state index contributed by atoms with van der Waals surface area (Å²) in [5.74, 6) is 0.00115. The van der Waals surface area contributed by atoms with Crippen molar-refractivity contribution in [1.82, 2.24) is 10.2 Å². The number of halogens is 2. The summed E-state index contributed by atoms with van der Waals surface area (Å²) >= 11 is 11.9. The number of carbonyl (C=O) groups is 1. The maximum atomic E-state index is 12.4. The molecule has 1 amide bonds. The quantitative estimate of drug-likeness (QED) is 0.583. The number of amides is 1. The second-order valence-corrected chi connectivity index (χ2v) is 9.24. The van der Waals surface area contributed by atoms with Crippen molar-refractivity contribution in [3.8, 4) is 17.0 Å². The predicted octanol–water partition coefficient (Wildman–Crippen LogP) is 4.26. The lowest BCUT2D eigenvalue weighted by atomic mass is 10.1. The van der Waals surface area contributed by atoms with Crippen LogP contribution >= 0.6 is 23.2 Å². The van der Waals surface area contributed by atoms with Crippen molar-refractivity contribution < 1.29 is 17.9 Å². The van der Waals surface area contributed by atoms with Crippen molar-refractivity contribution in [1.29, 1.82) is 0 Å². The van der Waals surface area contributed by atoms with Gasteiger partial charge in [-0.1, -0.05) is 35.3 Å². The third kappa shape index (κ3) is 5.47. The van der Waals surface area contributed by atoms with E-state index in [1.807, 2.05) is 0 Å². The molecule has 0 saturated heterocycles. The highest BCUT2D eigenvalue weighted by molar-refractivity contribution is 7.90. The van der Waals surface area contributed by atoms with Gasteiger partial charge in [-0.2, -0.15) is 0 Å². The molecule has 7 nitrogen and oxygen atoms in total. The van der Waals surface area contributed by atoms with E-state index < -0.39 is 15.9 Å². The van der Waals surface area contributed by atoms with Gasteiger partial charge in [0.1, 0.15) is 5.75 Å². The van der Waals surface area contributed by atoms with E-state index in [2.05, 4.69) is 15.5 Å². The molecule has 3 rings (SSSR count). The summed E-state index contributed by atoms with van der Waals surface area (Å²) in [6.45, 7) is 1.60. The summed E-state index contributed by atoms with van der Waals surface area (Å²) in [6.07, 6.45) is 0.275. The maximum Gasteiger partial charge on any atom is 0.265 e. The topological polar surface area (TPSA) is 98.2 Å². The van der Waals surface area contributed by atoms with Crippen molar-refractivity contribution in [2.45, 2.75) is 18.1 Å². The smallest absolute Gasteiger partial charge is 0.265 e. The van der Waals surface area contributed by atoms with Crippen molar-refractivity contribution in [2.24, 2.45) is 0 Å². The Morgan fingerprint density at radius 1 is 1.03 bits per heavy atom. The summed E-state index contributed by atoms with van der Waals surface area (Å²) in [7, 11) is -3.41. The minimum atomic E-state index is -3.41. The number of rotatable bonds is 6. The molecule has 1 atom stereocenters. The van der Waals surface area contributed by atoms with Crippen LogP contribution in [-0.4, -0.2) is 36.9 Å². The van der Waals surface area contributed by atoms with Gasteiger partial charge in [-0.3, -0.25) is 4.79 Å². The van der Waals surface area contributed by atoms with E-state index in [0.717, 1.165) is 11.8 Å². The van der Waals surface area contributed by atoms with Crippen molar-refractivity contribution in [3.05, 3.63) is 64.6 Å². The maximum absolute atomic E-state index is 12.4. The SMILES string of the molecule is CC(Oc1ccc(Cl)cc1Cl)C(=O)Nc1ccc(-c2ccc(S(C)(=O)=O)nn2)cc1. The molecule has 1 aromatic heterocycles. The van der Waals surface area contributed by atoms with E-state index in [-0.39, 0.29) is 10.9 Å². The summed E-state index contributed by atoms with van der Waals surface area (Å²) in [6, 6.07) is 14.6. The lowest BCUT2D eigenvalue weighted by Crippen LogP contribution is -2.30. The Morgan fingerprint density at radius 3 is 2.30 bits per heavy atom. The van der Waals surface area contributed by atoms with Crippen LogP contribution in [0, 0.1) is 0 Å². The molecule has 3 aromatic rings. The molecule has 1 heterocycles. The van der Waals surface area contributed by atoms with Crippen LogP contribution in [0.4, 0.5) is 5.69 Å². The molecule has 0 saturated carbocycles. The fourth-order valence-corrected chi connectivity index (χ4v) is 3.41. The first-order valence-corrected chi connectivity index (χ1v) is 11.3.